The second kappa shape index (κ2) is 9.00. The Morgan fingerprint density at radius 1 is 1.24 bits per heavy atom. The van der Waals surface area contributed by atoms with Gasteiger partial charge in [0.15, 0.2) is 5.82 Å². The summed E-state index contributed by atoms with van der Waals surface area (Å²) >= 11 is 1.75. The molecule has 0 unspecified atom stereocenters. The first kappa shape index (κ1) is 18.7. The molecule has 0 aromatic carbocycles. The van der Waals surface area contributed by atoms with Gasteiger partial charge in [-0.25, -0.2) is 0 Å². The molecule has 140 valence electrons. The fraction of sp³-hybridized carbons (Fsp3) is 0.824. The Hall–Kier alpha value is -1.12. The van der Waals surface area contributed by atoms with E-state index in [2.05, 4.69) is 15.1 Å². The molecule has 0 saturated carbocycles. The highest BCUT2D eigenvalue weighted by atomic mass is 32.2. The molecule has 7 nitrogen and oxygen atoms in total. The number of hydrogen-bond acceptors (Lipinski definition) is 6. The van der Waals surface area contributed by atoms with Gasteiger partial charge in [0.05, 0.1) is 5.75 Å². The van der Waals surface area contributed by atoms with Crippen LogP contribution >= 0.6 is 11.8 Å². The predicted molar refractivity (Wildman–Crippen MR) is 98.5 cm³/mol. The van der Waals surface area contributed by atoms with Gasteiger partial charge in [0.25, 0.3) is 0 Å². The zero-order valence-corrected chi connectivity index (χ0v) is 15.9. The quantitative estimate of drug-likeness (QED) is 0.720. The minimum Gasteiger partial charge on any atom is -0.388 e. The SMILES string of the molecule is Cn1c(CO)nnc1[C@H]1CCCN(C(=O)CSCCN2CCCC2)C1. The van der Waals surface area contributed by atoms with Gasteiger partial charge in [-0.15, -0.1) is 10.2 Å². The molecular formula is C17H29N5O2S. The fourth-order valence-electron chi connectivity index (χ4n) is 3.73. The molecule has 1 aromatic rings. The molecule has 25 heavy (non-hydrogen) atoms. The van der Waals surface area contributed by atoms with Gasteiger partial charge >= 0.3 is 0 Å². The molecule has 2 saturated heterocycles. The van der Waals surface area contributed by atoms with Gasteiger partial charge in [-0.3, -0.25) is 4.79 Å². The van der Waals surface area contributed by atoms with Gasteiger partial charge in [-0.2, -0.15) is 11.8 Å². The van der Waals surface area contributed by atoms with Crippen molar-refractivity contribution in [2.24, 2.45) is 7.05 Å². The van der Waals surface area contributed by atoms with E-state index in [1.165, 1.54) is 25.9 Å². The zero-order valence-electron chi connectivity index (χ0n) is 15.1. The van der Waals surface area contributed by atoms with Gasteiger partial charge in [-0.05, 0) is 38.8 Å². The van der Waals surface area contributed by atoms with E-state index < -0.39 is 0 Å². The van der Waals surface area contributed by atoms with Crippen molar-refractivity contribution in [2.45, 2.75) is 38.2 Å². The van der Waals surface area contributed by atoms with E-state index in [0.29, 0.717) is 18.1 Å². The monoisotopic (exact) mass is 367 g/mol. The Balaban J connectivity index is 1.45. The zero-order chi connectivity index (χ0) is 17.6. The van der Waals surface area contributed by atoms with E-state index in [9.17, 15) is 9.90 Å². The van der Waals surface area contributed by atoms with Crippen LogP contribution in [0.5, 0.6) is 0 Å². The lowest BCUT2D eigenvalue weighted by Gasteiger charge is -2.32. The van der Waals surface area contributed by atoms with Crippen molar-refractivity contribution in [3.8, 4) is 0 Å². The molecule has 3 rings (SSSR count). The summed E-state index contributed by atoms with van der Waals surface area (Å²) in [7, 11) is 1.88. The predicted octanol–water partition coefficient (Wildman–Crippen LogP) is 0.842. The number of hydrogen-bond donors (Lipinski definition) is 1. The highest BCUT2D eigenvalue weighted by Crippen LogP contribution is 2.26. The third-order valence-electron chi connectivity index (χ3n) is 5.26. The van der Waals surface area contributed by atoms with Crippen molar-refractivity contribution in [3.05, 3.63) is 11.6 Å². The highest BCUT2D eigenvalue weighted by molar-refractivity contribution is 7.99. The van der Waals surface area contributed by atoms with Crippen LogP contribution in [0.1, 0.15) is 43.3 Å². The van der Waals surface area contributed by atoms with Crippen LogP contribution in [-0.2, 0) is 18.4 Å². The maximum absolute atomic E-state index is 12.5. The molecule has 2 aliphatic heterocycles. The Morgan fingerprint density at radius 2 is 2.04 bits per heavy atom. The lowest BCUT2D eigenvalue weighted by atomic mass is 9.97. The van der Waals surface area contributed by atoms with Crippen molar-refractivity contribution in [1.29, 1.82) is 0 Å². The number of aliphatic hydroxyl groups is 1. The van der Waals surface area contributed by atoms with Crippen LogP contribution in [0, 0.1) is 0 Å². The lowest BCUT2D eigenvalue weighted by molar-refractivity contribution is -0.129. The van der Waals surface area contributed by atoms with E-state index in [4.69, 9.17) is 0 Å². The first-order valence-electron chi connectivity index (χ1n) is 9.26. The van der Waals surface area contributed by atoms with Gasteiger partial charge in [-0.1, -0.05) is 0 Å². The summed E-state index contributed by atoms with van der Waals surface area (Å²) in [5.41, 5.74) is 0. The van der Waals surface area contributed by atoms with E-state index in [1.807, 2.05) is 16.5 Å². The molecule has 1 amide bonds. The number of carbonyl (C=O) groups is 1. The number of likely N-dealkylation sites (tertiary alicyclic amines) is 2. The summed E-state index contributed by atoms with van der Waals surface area (Å²) in [5, 5.41) is 17.5. The fourth-order valence-corrected chi connectivity index (χ4v) is 4.62. The van der Waals surface area contributed by atoms with E-state index in [-0.39, 0.29) is 18.4 Å². The average Bonchev–Trinajstić information content (AvgIpc) is 3.28. The molecule has 0 radical (unpaired) electrons. The number of amides is 1. The Kier molecular flexibility index (Phi) is 6.72. The van der Waals surface area contributed by atoms with Crippen molar-refractivity contribution in [2.75, 3.05) is 44.2 Å². The number of rotatable bonds is 7. The van der Waals surface area contributed by atoms with Gasteiger partial charge in [0.1, 0.15) is 12.4 Å². The van der Waals surface area contributed by atoms with Crippen LogP contribution in [0.2, 0.25) is 0 Å². The molecule has 2 aliphatic rings. The summed E-state index contributed by atoms with van der Waals surface area (Å²) in [6, 6.07) is 0. The summed E-state index contributed by atoms with van der Waals surface area (Å²) in [6.45, 7) is 4.98. The number of piperidine rings is 1. The van der Waals surface area contributed by atoms with Gasteiger partial charge in [0.2, 0.25) is 5.91 Å². The van der Waals surface area contributed by atoms with Crippen molar-refractivity contribution in [3.63, 3.8) is 0 Å². The molecule has 1 atom stereocenters. The molecule has 1 aromatic heterocycles. The van der Waals surface area contributed by atoms with E-state index in [1.54, 1.807) is 11.8 Å². The third kappa shape index (κ3) is 4.74. The van der Waals surface area contributed by atoms with Crippen molar-refractivity contribution < 1.29 is 9.90 Å². The van der Waals surface area contributed by atoms with Crippen LogP contribution < -0.4 is 0 Å². The first-order chi connectivity index (χ1) is 12.2. The molecule has 0 bridgehead atoms. The van der Waals surface area contributed by atoms with Crippen LogP contribution in [0.4, 0.5) is 0 Å². The second-order valence-corrected chi connectivity index (χ2v) is 8.08. The Morgan fingerprint density at radius 3 is 2.76 bits per heavy atom. The molecule has 3 heterocycles. The molecule has 0 aliphatic carbocycles. The second-order valence-electron chi connectivity index (χ2n) is 6.97. The molecule has 0 spiro atoms. The van der Waals surface area contributed by atoms with Crippen LogP contribution in [-0.4, -0.2) is 79.8 Å². The summed E-state index contributed by atoms with van der Waals surface area (Å²) in [4.78, 5) is 17.0. The normalized spacial score (nSPS) is 21.8. The topological polar surface area (TPSA) is 74.5 Å². The van der Waals surface area contributed by atoms with Crippen LogP contribution in [0.25, 0.3) is 0 Å². The average molecular weight is 368 g/mol. The maximum Gasteiger partial charge on any atom is 0.232 e. The maximum atomic E-state index is 12.5. The molecule has 1 N–H and O–H groups in total. The van der Waals surface area contributed by atoms with Gasteiger partial charge in [0, 0.05) is 38.4 Å². The van der Waals surface area contributed by atoms with E-state index >= 15 is 0 Å². The van der Waals surface area contributed by atoms with E-state index in [0.717, 1.165) is 37.5 Å². The minimum absolute atomic E-state index is 0.105. The molecule has 2 fully saturated rings. The highest BCUT2D eigenvalue weighted by Gasteiger charge is 2.28. The molecular weight excluding hydrogens is 338 g/mol. The number of nitrogens with zero attached hydrogens (tertiary/aromatic N) is 5. The Labute approximate surface area is 153 Å². The standard InChI is InChI=1S/C17H29N5O2S/c1-20-15(12-23)18-19-17(20)14-5-4-8-22(11-14)16(24)13-25-10-9-21-6-2-3-7-21/h14,23H,2-13H2,1H3/t14-/m0/s1. The minimum atomic E-state index is -0.105. The summed E-state index contributed by atoms with van der Waals surface area (Å²) in [6.07, 6.45) is 4.65. The third-order valence-corrected chi connectivity index (χ3v) is 6.18. The smallest absolute Gasteiger partial charge is 0.232 e. The number of aliphatic hydroxyl groups excluding tert-OH is 1. The number of thioether (sulfide) groups is 1. The van der Waals surface area contributed by atoms with Crippen molar-refractivity contribution >= 4 is 17.7 Å². The van der Waals surface area contributed by atoms with Crippen LogP contribution in [0.3, 0.4) is 0 Å². The largest absolute Gasteiger partial charge is 0.388 e. The summed E-state index contributed by atoms with van der Waals surface area (Å²) in [5.74, 6) is 3.51. The number of aromatic nitrogens is 3. The summed E-state index contributed by atoms with van der Waals surface area (Å²) < 4.78 is 1.86. The molecule has 8 heteroatoms. The lowest BCUT2D eigenvalue weighted by Crippen LogP contribution is -2.40. The number of carbonyl (C=O) groups excluding carboxylic acids is 1. The first-order valence-corrected chi connectivity index (χ1v) is 10.4. The van der Waals surface area contributed by atoms with Crippen molar-refractivity contribution in [1.82, 2.24) is 24.6 Å². The van der Waals surface area contributed by atoms with Crippen LogP contribution in [0.15, 0.2) is 0 Å². The van der Waals surface area contributed by atoms with Gasteiger partial charge < -0.3 is 19.5 Å². The Bertz CT molecular complexity index is 573.